The number of para-hydroxylation sites is 3. The number of rotatable bonds is 6. The standard InChI is InChI=1S/C22H26N4O2S/c1-16(22(27)24-17-7-3-5-9-19(17)28-2)26-13-11-25(12-14-26)15-21-23-18-8-4-6-10-20(18)29-21/h3-10,16H,11-15H2,1-2H3,(H,24,27)/t16-/m0/s1. The second kappa shape index (κ2) is 8.90. The van der Waals surface area contributed by atoms with Crippen molar-refractivity contribution < 1.29 is 9.53 Å². The van der Waals surface area contributed by atoms with Crippen LogP contribution in [0.3, 0.4) is 0 Å². The Labute approximate surface area is 175 Å². The lowest BCUT2D eigenvalue weighted by Gasteiger charge is -2.37. The number of nitrogens with one attached hydrogen (secondary N) is 1. The predicted molar refractivity (Wildman–Crippen MR) is 118 cm³/mol. The second-order valence-corrected chi connectivity index (χ2v) is 8.37. The molecule has 1 N–H and O–H groups in total. The van der Waals surface area contributed by atoms with E-state index in [0.29, 0.717) is 11.4 Å². The molecule has 0 bridgehead atoms. The quantitative estimate of drug-likeness (QED) is 0.675. The van der Waals surface area contributed by atoms with Crippen molar-refractivity contribution in [3.8, 4) is 5.75 Å². The normalized spacial score (nSPS) is 16.6. The van der Waals surface area contributed by atoms with Crippen molar-refractivity contribution in [2.75, 3.05) is 38.6 Å². The van der Waals surface area contributed by atoms with Gasteiger partial charge in [0, 0.05) is 26.2 Å². The molecule has 1 aromatic heterocycles. The highest BCUT2D eigenvalue weighted by atomic mass is 32.1. The zero-order valence-corrected chi connectivity index (χ0v) is 17.6. The first-order valence-electron chi connectivity index (χ1n) is 9.89. The maximum absolute atomic E-state index is 12.7. The van der Waals surface area contributed by atoms with Crippen LogP contribution in [0.5, 0.6) is 5.75 Å². The van der Waals surface area contributed by atoms with Gasteiger partial charge in [-0.25, -0.2) is 4.98 Å². The van der Waals surface area contributed by atoms with Gasteiger partial charge in [0.05, 0.1) is 35.6 Å². The number of benzene rings is 2. The minimum Gasteiger partial charge on any atom is -0.495 e. The Hall–Kier alpha value is -2.48. The van der Waals surface area contributed by atoms with Gasteiger partial charge in [-0.05, 0) is 31.2 Å². The first kappa shape index (κ1) is 19.8. The first-order valence-corrected chi connectivity index (χ1v) is 10.7. The van der Waals surface area contributed by atoms with Gasteiger partial charge in [-0.2, -0.15) is 0 Å². The van der Waals surface area contributed by atoms with Gasteiger partial charge in [-0.3, -0.25) is 14.6 Å². The first-order chi connectivity index (χ1) is 14.1. The van der Waals surface area contributed by atoms with Crippen LogP contribution in [0.15, 0.2) is 48.5 Å². The van der Waals surface area contributed by atoms with Crippen LogP contribution in [-0.2, 0) is 11.3 Å². The van der Waals surface area contributed by atoms with Crippen molar-refractivity contribution in [1.29, 1.82) is 0 Å². The number of piperazine rings is 1. The van der Waals surface area contributed by atoms with E-state index in [0.717, 1.165) is 43.2 Å². The summed E-state index contributed by atoms with van der Waals surface area (Å²) in [5.41, 5.74) is 1.79. The monoisotopic (exact) mass is 410 g/mol. The molecule has 6 nitrogen and oxygen atoms in total. The molecule has 3 aromatic rings. The number of carbonyl (C=O) groups excluding carboxylic acids is 1. The number of aromatic nitrogens is 1. The minimum absolute atomic E-state index is 0.00544. The summed E-state index contributed by atoms with van der Waals surface area (Å²) in [5, 5.41) is 4.15. The highest BCUT2D eigenvalue weighted by Gasteiger charge is 2.26. The molecule has 1 fully saturated rings. The van der Waals surface area contributed by atoms with Crippen LogP contribution >= 0.6 is 11.3 Å². The number of thiazole rings is 1. The molecule has 2 aromatic carbocycles. The summed E-state index contributed by atoms with van der Waals surface area (Å²) < 4.78 is 6.56. The molecule has 152 valence electrons. The second-order valence-electron chi connectivity index (χ2n) is 7.25. The van der Waals surface area contributed by atoms with Crippen LogP contribution in [0.4, 0.5) is 5.69 Å². The molecular weight excluding hydrogens is 384 g/mol. The Morgan fingerprint density at radius 1 is 1.14 bits per heavy atom. The Kier molecular flexibility index (Phi) is 6.08. The Morgan fingerprint density at radius 2 is 1.86 bits per heavy atom. The third kappa shape index (κ3) is 4.58. The van der Waals surface area contributed by atoms with Crippen LogP contribution in [0, 0.1) is 0 Å². The van der Waals surface area contributed by atoms with Crippen molar-refractivity contribution in [1.82, 2.24) is 14.8 Å². The van der Waals surface area contributed by atoms with E-state index in [2.05, 4.69) is 33.3 Å². The highest BCUT2D eigenvalue weighted by Crippen LogP contribution is 2.25. The molecular formula is C22H26N4O2S. The van der Waals surface area contributed by atoms with E-state index in [1.807, 2.05) is 37.3 Å². The van der Waals surface area contributed by atoms with Crippen LogP contribution in [-0.4, -0.2) is 60.0 Å². The SMILES string of the molecule is COc1ccccc1NC(=O)[C@H](C)N1CCN(Cc2nc3ccccc3s2)CC1. The van der Waals surface area contributed by atoms with E-state index in [-0.39, 0.29) is 11.9 Å². The minimum atomic E-state index is -0.190. The fraction of sp³-hybridized carbons (Fsp3) is 0.364. The summed E-state index contributed by atoms with van der Waals surface area (Å²) in [6, 6.07) is 15.6. The van der Waals surface area contributed by atoms with Crippen molar-refractivity contribution in [3.05, 3.63) is 53.5 Å². The number of methoxy groups -OCH3 is 1. The molecule has 1 saturated heterocycles. The summed E-state index contributed by atoms with van der Waals surface area (Å²) in [5.74, 6) is 0.669. The van der Waals surface area contributed by atoms with Crippen molar-refractivity contribution in [2.45, 2.75) is 19.5 Å². The van der Waals surface area contributed by atoms with E-state index in [9.17, 15) is 4.79 Å². The molecule has 0 radical (unpaired) electrons. The zero-order valence-electron chi connectivity index (χ0n) is 16.8. The summed E-state index contributed by atoms with van der Waals surface area (Å²) in [7, 11) is 1.61. The number of amides is 1. The molecule has 1 aliphatic heterocycles. The van der Waals surface area contributed by atoms with Crippen LogP contribution < -0.4 is 10.1 Å². The summed E-state index contributed by atoms with van der Waals surface area (Å²) in [6.07, 6.45) is 0. The maximum Gasteiger partial charge on any atom is 0.241 e. The lowest BCUT2D eigenvalue weighted by Crippen LogP contribution is -2.52. The Morgan fingerprint density at radius 3 is 2.62 bits per heavy atom. The van der Waals surface area contributed by atoms with Gasteiger partial charge < -0.3 is 10.1 Å². The van der Waals surface area contributed by atoms with Crippen molar-refractivity contribution in [3.63, 3.8) is 0 Å². The average Bonchev–Trinajstić information content (AvgIpc) is 3.16. The van der Waals surface area contributed by atoms with E-state index >= 15 is 0 Å². The van der Waals surface area contributed by atoms with Gasteiger partial charge in [0.25, 0.3) is 0 Å². The number of hydrogen-bond acceptors (Lipinski definition) is 6. The highest BCUT2D eigenvalue weighted by molar-refractivity contribution is 7.18. The van der Waals surface area contributed by atoms with Crippen molar-refractivity contribution >= 4 is 33.1 Å². The lowest BCUT2D eigenvalue weighted by atomic mass is 10.2. The van der Waals surface area contributed by atoms with Crippen LogP contribution in [0.25, 0.3) is 10.2 Å². The van der Waals surface area contributed by atoms with Gasteiger partial charge in [0.15, 0.2) is 0 Å². The van der Waals surface area contributed by atoms with E-state index in [4.69, 9.17) is 9.72 Å². The Bertz CT molecular complexity index is 949. The zero-order chi connectivity index (χ0) is 20.2. The smallest absolute Gasteiger partial charge is 0.241 e. The van der Waals surface area contributed by atoms with Gasteiger partial charge in [-0.15, -0.1) is 11.3 Å². The number of carbonyl (C=O) groups is 1. The predicted octanol–water partition coefficient (Wildman–Crippen LogP) is 3.45. The molecule has 4 rings (SSSR count). The molecule has 1 atom stereocenters. The van der Waals surface area contributed by atoms with E-state index in [1.54, 1.807) is 18.4 Å². The van der Waals surface area contributed by atoms with E-state index in [1.165, 1.54) is 4.70 Å². The molecule has 1 amide bonds. The number of fused-ring (bicyclic) bond motifs is 1. The molecule has 29 heavy (non-hydrogen) atoms. The molecule has 1 aliphatic rings. The van der Waals surface area contributed by atoms with Crippen LogP contribution in [0.2, 0.25) is 0 Å². The molecule has 2 heterocycles. The van der Waals surface area contributed by atoms with Gasteiger partial charge in [0.2, 0.25) is 5.91 Å². The number of anilines is 1. The van der Waals surface area contributed by atoms with Gasteiger partial charge in [-0.1, -0.05) is 24.3 Å². The van der Waals surface area contributed by atoms with Crippen molar-refractivity contribution in [2.24, 2.45) is 0 Å². The fourth-order valence-electron chi connectivity index (χ4n) is 3.64. The third-order valence-corrected chi connectivity index (χ3v) is 6.42. The van der Waals surface area contributed by atoms with Gasteiger partial charge >= 0.3 is 0 Å². The molecule has 0 unspecified atom stereocenters. The largest absolute Gasteiger partial charge is 0.495 e. The summed E-state index contributed by atoms with van der Waals surface area (Å²) in [4.78, 5) is 22.1. The third-order valence-electron chi connectivity index (χ3n) is 5.40. The summed E-state index contributed by atoms with van der Waals surface area (Å²) >= 11 is 1.77. The molecule has 0 aliphatic carbocycles. The van der Waals surface area contributed by atoms with Gasteiger partial charge in [0.1, 0.15) is 10.8 Å². The lowest BCUT2D eigenvalue weighted by molar-refractivity contribution is -0.121. The number of ether oxygens (including phenoxy) is 1. The average molecular weight is 411 g/mol. The molecule has 0 spiro atoms. The summed E-state index contributed by atoms with van der Waals surface area (Å²) in [6.45, 7) is 6.43. The van der Waals surface area contributed by atoms with Crippen LogP contribution in [0.1, 0.15) is 11.9 Å². The molecule has 0 saturated carbocycles. The number of hydrogen-bond donors (Lipinski definition) is 1. The fourth-order valence-corrected chi connectivity index (χ4v) is 4.65. The Balaban J connectivity index is 1.31. The number of nitrogens with zero attached hydrogens (tertiary/aromatic N) is 3. The maximum atomic E-state index is 12.7. The van der Waals surface area contributed by atoms with E-state index < -0.39 is 0 Å². The topological polar surface area (TPSA) is 57.7 Å². The molecule has 7 heteroatoms.